The van der Waals surface area contributed by atoms with Gasteiger partial charge in [0.15, 0.2) is 11.5 Å². The van der Waals surface area contributed by atoms with Crippen molar-refractivity contribution < 1.29 is 4.74 Å². The molecule has 78 valence electrons. The van der Waals surface area contributed by atoms with Gasteiger partial charge in [0, 0.05) is 6.61 Å². The average Bonchev–Trinajstić information content (AvgIpc) is 2.85. The summed E-state index contributed by atoms with van der Waals surface area (Å²) >= 11 is 6.05. The molecule has 2 aromatic heterocycles. The van der Waals surface area contributed by atoms with Gasteiger partial charge in [-0.3, -0.25) is 9.38 Å². The maximum atomic E-state index is 6.05. The van der Waals surface area contributed by atoms with Gasteiger partial charge >= 0.3 is 0 Å². The molecule has 0 amide bonds. The van der Waals surface area contributed by atoms with E-state index in [-0.39, 0.29) is 6.10 Å². The van der Waals surface area contributed by atoms with Crippen molar-refractivity contribution in [2.45, 2.75) is 18.9 Å². The summed E-state index contributed by atoms with van der Waals surface area (Å²) in [5.74, 6) is 0.773. The summed E-state index contributed by atoms with van der Waals surface area (Å²) < 4.78 is 7.34. The lowest BCUT2D eigenvalue weighted by Gasteiger charge is -2.07. The lowest BCUT2D eigenvalue weighted by molar-refractivity contribution is 0.104. The Labute approximate surface area is 91.0 Å². The van der Waals surface area contributed by atoms with E-state index in [0.717, 1.165) is 25.3 Å². The highest BCUT2D eigenvalue weighted by molar-refractivity contribution is 6.29. The first-order valence-electron chi connectivity index (χ1n) is 4.82. The lowest BCUT2D eigenvalue weighted by Crippen LogP contribution is -2.03. The Bertz CT molecular complexity index is 492. The van der Waals surface area contributed by atoms with Crippen LogP contribution in [0.4, 0.5) is 0 Å². The van der Waals surface area contributed by atoms with E-state index in [1.807, 2.05) is 0 Å². The van der Waals surface area contributed by atoms with Crippen LogP contribution in [0, 0.1) is 0 Å². The van der Waals surface area contributed by atoms with Gasteiger partial charge in [-0.25, -0.2) is 0 Å². The van der Waals surface area contributed by atoms with Gasteiger partial charge < -0.3 is 4.74 Å². The lowest BCUT2D eigenvalue weighted by atomic mass is 10.2. The summed E-state index contributed by atoms with van der Waals surface area (Å²) in [6, 6.07) is 0. The molecule has 0 bridgehead atoms. The predicted octanol–water partition coefficient (Wildman–Crippen LogP) is 1.63. The largest absolute Gasteiger partial charge is 0.370 e. The smallest absolute Gasteiger partial charge is 0.180 e. The molecule has 0 saturated carbocycles. The summed E-state index contributed by atoms with van der Waals surface area (Å²) in [5, 5.41) is 8.63. The Balaban J connectivity index is 2.18. The Morgan fingerprint density at radius 3 is 3.13 bits per heavy atom. The molecule has 0 aromatic carbocycles. The molecule has 1 unspecified atom stereocenters. The normalized spacial score (nSPS) is 21.3. The van der Waals surface area contributed by atoms with Crippen molar-refractivity contribution in [3.63, 3.8) is 0 Å². The van der Waals surface area contributed by atoms with Crippen LogP contribution in [0.25, 0.3) is 5.65 Å². The van der Waals surface area contributed by atoms with Crippen molar-refractivity contribution in [2.75, 3.05) is 6.61 Å². The van der Waals surface area contributed by atoms with Gasteiger partial charge in [-0.05, 0) is 12.8 Å². The fraction of sp³-hybridized carbons (Fsp3) is 0.444. The number of nitrogens with zero attached hydrogens (tertiary/aromatic N) is 4. The van der Waals surface area contributed by atoms with Gasteiger partial charge in [0.1, 0.15) is 11.3 Å². The van der Waals surface area contributed by atoms with Crippen LogP contribution in [0.3, 0.4) is 0 Å². The summed E-state index contributed by atoms with van der Waals surface area (Å²) in [7, 11) is 0. The molecule has 0 aliphatic carbocycles. The Hall–Kier alpha value is -1.20. The molecule has 15 heavy (non-hydrogen) atoms. The Morgan fingerprint density at radius 1 is 1.40 bits per heavy atom. The van der Waals surface area contributed by atoms with Crippen molar-refractivity contribution in [3.05, 3.63) is 23.4 Å². The maximum Gasteiger partial charge on any atom is 0.180 e. The highest BCUT2D eigenvalue weighted by Crippen LogP contribution is 2.28. The van der Waals surface area contributed by atoms with Crippen LogP contribution < -0.4 is 0 Å². The second-order valence-electron chi connectivity index (χ2n) is 3.48. The number of aromatic nitrogens is 4. The minimum Gasteiger partial charge on any atom is -0.370 e. The van der Waals surface area contributed by atoms with Crippen molar-refractivity contribution in [3.8, 4) is 0 Å². The molecule has 0 spiro atoms. The van der Waals surface area contributed by atoms with E-state index in [1.165, 1.54) is 0 Å². The van der Waals surface area contributed by atoms with Gasteiger partial charge in [-0.2, -0.15) is 0 Å². The second-order valence-corrected chi connectivity index (χ2v) is 3.87. The molecule has 2 aromatic rings. The van der Waals surface area contributed by atoms with Crippen molar-refractivity contribution in [1.82, 2.24) is 19.6 Å². The quantitative estimate of drug-likeness (QED) is 0.739. The van der Waals surface area contributed by atoms with Crippen molar-refractivity contribution in [2.24, 2.45) is 0 Å². The first-order chi connectivity index (χ1) is 7.36. The molecule has 6 heteroatoms. The van der Waals surface area contributed by atoms with Gasteiger partial charge in [0.05, 0.1) is 12.4 Å². The van der Waals surface area contributed by atoms with E-state index in [0.29, 0.717) is 10.8 Å². The molecular formula is C9H9ClN4O. The zero-order valence-electron chi connectivity index (χ0n) is 7.93. The van der Waals surface area contributed by atoms with Crippen LogP contribution in [0.5, 0.6) is 0 Å². The van der Waals surface area contributed by atoms with Gasteiger partial charge in [0.2, 0.25) is 0 Å². The van der Waals surface area contributed by atoms with E-state index in [9.17, 15) is 0 Å². The van der Waals surface area contributed by atoms with Crippen LogP contribution in [0.1, 0.15) is 24.8 Å². The molecule has 1 aliphatic heterocycles. The van der Waals surface area contributed by atoms with E-state index >= 15 is 0 Å². The molecule has 3 heterocycles. The third kappa shape index (κ3) is 1.39. The van der Waals surface area contributed by atoms with E-state index in [2.05, 4.69) is 15.2 Å². The molecule has 3 rings (SSSR count). The molecule has 1 aliphatic rings. The second kappa shape index (κ2) is 3.43. The minimum atomic E-state index is 0.0138. The average molecular weight is 225 g/mol. The number of hydrogen-bond acceptors (Lipinski definition) is 4. The third-order valence-electron chi connectivity index (χ3n) is 2.52. The highest BCUT2D eigenvalue weighted by atomic mass is 35.5. The summed E-state index contributed by atoms with van der Waals surface area (Å²) in [6.45, 7) is 0.780. The Kier molecular flexibility index (Phi) is 2.07. The number of ether oxygens (including phenoxy) is 1. The standard InChI is InChI=1S/C9H9ClN4O/c10-7-4-11-5-8-12-13-9(14(7)8)6-2-1-3-15-6/h4-6H,1-3H2. The van der Waals surface area contributed by atoms with E-state index in [4.69, 9.17) is 16.3 Å². The first-order valence-corrected chi connectivity index (χ1v) is 5.20. The van der Waals surface area contributed by atoms with Gasteiger partial charge in [-0.1, -0.05) is 11.6 Å². The molecule has 0 N–H and O–H groups in total. The number of hydrogen-bond donors (Lipinski definition) is 0. The predicted molar refractivity (Wildman–Crippen MR) is 53.7 cm³/mol. The van der Waals surface area contributed by atoms with Crippen molar-refractivity contribution in [1.29, 1.82) is 0 Å². The van der Waals surface area contributed by atoms with Crippen molar-refractivity contribution >= 4 is 17.2 Å². The third-order valence-corrected chi connectivity index (χ3v) is 2.78. The first kappa shape index (κ1) is 9.06. The topological polar surface area (TPSA) is 52.3 Å². The fourth-order valence-corrected chi connectivity index (χ4v) is 2.05. The number of rotatable bonds is 1. The fourth-order valence-electron chi connectivity index (χ4n) is 1.82. The van der Waals surface area contributed by atoms with Crippen LogP contribution >= 0.6 is 11.6 Å². The van der Waals surface area contributed by atoms with Gasteiger partial charge in [-0.15, -0.1) is 10.2 Å². The molecule has 1 saturated heterocycles. The molecule has 5 nitrogen and oxygen atoms in total. The van der Waals surface area contributed by atoms with E-state index in [1.54, 1.807) is 16.8 Å². The van der Waals surface area contributed by atoms with Gasteiger partial charge in [0.25, 0.3) is 0 Å². The molecular weight excluding hydrogens is 216 g/mol. The Morgan fingerprint density at radius 2 is 2.33 bits per heavy atom. The monoisotopic (exact) mass is 224 g/mol. The molecule has 1 atom stereocenters. The minimum absolute atomic E-state index is 0.0138. The van der Waals surface area contributed by atoms with Crippen LogP contribution in [0.2, 0.25) is 5.15 Å². The van der Waals surface area contributed by atoms with Crippen LogP contribution in [-0.2, 0) is 4.74 Å². The van der Waals surface area contributed by atoms with E-state index < -0.39 is 0 Å². The zero-order chi connectivity index (χ0) is 10.3. The molecule has 1 fully saturated rings. The summed E-state index contributed by atoms with van der Waals surface area (Å²) in [6.07, 6.45) is 5.26. The SMILES string of the molecule is Clc1cncc2nnc(C3CCCO3)n12. The highest BCUT2D eigenvalue weighted by Gasteiger charge is 2.23. The summed E-state index contributed by atoms with van der Waals surface area (Å²) in [5.41, 5.74) is 0.660. The molecule has 0 radical (unpaired) electrons. The number of fused-ring (bicyclic) bond motifs is 1. The number of halogens is 1. The van der Waals surface area contributed by atoms with Crippen LogP contribution in [0.15, 0.2) is 12.4 Å². The maximum absolute atomic E-state index is 6.05. The van der Waals surface area contributed by atoms with Crippen LogP contribution in [-0.4, -0.2) is 26.2 Å². The summed E-state index contributed by atoms with van der Waals surface area (Å²) in [4.78, 5) is 3.96. The zero-order valence-corrected chi connectivity index (χ0v) is 8.68.